The standard InChI is InChI=1S/C18H13N3O2/c1-11-2-3-13-9-14(10-19)17(21-16(13)8-11)20-15-6-4-12(5-7-15)18(22)23/h2-9H,1H3,(H,20,21)(H,22,23). The van der Waals surface area contributed by atoms with Crippen LogP contribution in [0.5, 0.6) is 0 Å². The highest BCUT2D eigenvalue weighted by molar-refractivity contribution is 5.88. The molecule has 0 unspecified atom stereocenters. The average molecular weight is 303 g/mol. The van der Waals surface area contributed by atoms with E-state index in [1.165, 1.54) is 12.1 Å². The van der Waals surface area contributed by atoms with Crippen LogP contribution < -0.4 is 5.32 Å². The number of hydrogen-bond acceptors (Lipinski definition) is 4. The summed E-state index contributed by atoms with van der Waals surface area (Å²) in [6, 6.07) is 16.1. The first-order valence-electron chi connectivity index (χ1n) is 6.99. The lowest BCUT2D eigenvalue weighted by molar-refractivity contribution is 0.0697. The number of carboxylic acid groups (broad SMARTS) is 1. The second kappa shape index (κ2) is 5.78. The molecule has 2 N–H and O–H groups in total. The van der Waals surface area contributed by atoms with Crippen LogP contribution in [0, 0.1) is 18.3 Å². The summed E-state index contributed by atoms with van der Waals surface area (Å²) in [5.41, 5.74) is 3.20. The highest BCUT2D eigenvalue weighted by Gasteiger charge is 2.08. The first-order valence-corrected chi connectivity index (χ1v) is 6.99. The number of aromatic nitrogens is 1. The summed E-state index contributed by atoms with van der Waals surface area (Å²) in [6.07, 6.45) is 0. The Hall–Kier alpha value is -3.39. The molecular formula is C18H13N3O2. The minimum atomic E-state index is -0.978. The summed E-state index contributed by atoms with van der Waals surface area (Å²) in [6.45, 7) is 1.98. The van der Waals surface area contributed by atoms with Gasteiger partial charge in [0.1, 0.15) is 11.9 Å². The molecule has 0 saturated heterocycles. The number of pyridine rings is 1. The van der Waals surface area contributed by atoms with Crippen LogP contribution >= 0.6 is 0 Å². The van der Waals surface area contributed by atoms with Gasteiger partial charge >= 0.3 is 5.97 Å². The van der Waals surface area contributed by atoms with Crippen LogP contribution in [0.15, 0.2) is 48.5 Å². The Morgan fingerprint density at radius 3 is 2.57 bits per heavy atom. The monoisotopic (exact) mass is 303 g/mol. The van der Waals surface area contributed by atoms with Gasteiger partial charge < -0.3 is 10.4 Å². The SMILES string of the molecule is Cc1ccc2cc(C#N)c(Nc3ccc(C(=O)O)cc3)nc2c1. The van der Waals surface area contributed by atoms with Gasteiger partial charge in [-0.05, 0) is 48.9 Å². The van der Waals surface area contributed by atoms with Crippen molar-refractivity contribution in [3.05, 3.63) is 65.2 Å². The van der Waals surface area contributed by atoms with Crippen molar-refractivity contribution in [1.29, 1.82) is 5.26 Å². The molecule has 0 aliphatic rings. The van der Waals surface area contributed by atoms with Crippen molar-refractivity contribution in [2.75, 3.05) is 5.32 Å². The van der Waals surface area contributed by atoms with E-state index in [4.69, 9.17) is 5.11 Å². The van der Waals surface area contributed by atoms with Crippen molar-refractivity contribution in [1.82, 2.24) is 4.98 Å². The topological polar surface area (TPSA) is 86.0 Å². The number of fused-ring (bicyclic) bond motifs is 1. The minimum absolute atomic E-state index is 0.207. The summed E-state index contributed by atoms with van der Waals surface area (Å²) in [7, 11) is 0. The molecule has 0 fully saturated rings. The van der Waals surface area contributed by atoms with Gasteiger partial charge in [-0.1, -0.05) is 12.1 Å². The third-order valence-corrected chi connectivity index (χ3v) is 3.49. The third kappa shape index (κ3) is 2.97. The van der Waals surface area contributed by atoms with E-state index in [0.717, 1.165) is 16.5 Å². The molecule has 1 aromatic heterocycles. The Bertz CT molecular complexity index is 941. The van der Waals surface area contributed by atoms with Crippen LogP contribution in [0.3, 0.4) is 0 Å². The van der Waals surface area contributed by atoms with Gasteiger partial charge in [0, 0.05) is 11.1 Å². The van der Waals surface area contributed by atoms with Crippen molar-refractivity contribution >= 4 is 28.4 Å². The summed E-state index contributed by atoms with van der Waals surface area (Å²) in [5, 5.41) is 22.2. The highest BCUT2D eigenvalue weighted by atomic mass is 16.4. The molecule has 0 bridgehead atoms. The van der Waals surface area contributed by atoms with E-state index in [-0.39, 0.29) is 5.56 Å². The largest absolute Gasteiger partial charge is 0.478 e. The summed E-state index contributed by atoms with van der Waals surface area (Å²) < 4.78 is 0. The van der Waals surface area contributed by atoms with E-state index in [1.807, 2.05) is 25.1 Å². The number of aromatic carboxylic acids is 1. The second-order valence-corrected chi connectivity index (χ2v) is 5.20. The lowest BCUT2D eigenvalue weighted by Crippen LogP contribution is -1.99. The summed E-state index contributed by atoms with van der Waals surface area (Å²) in [4.78, 5) is 15.4. The number of anilines is 2. The Morgan fingerprint density at radius 2 is 1.91 bits per heavy atom. The van der Waals surface area contributed by atoms with Gasteiger partial charge in [-0.25, -0.2) is 9.78 Å². The molecule has 23 heavy (non-hydrogen) atoms. The zero-order chi connectivity index (χ0) is 16.4. The zero-order valence-electron chi connectivity index (χ0n) is 12.4. The van der Waals surface area contributed by atoms with Gasteiger partial charge in [-0.2, -0.15) is 5.26 Å². The molecular weight excluding hydrogens is 290 g/mol. The number of nitrogens with zero attached hydrogens (tertiary/aromatic N) is 2. The Morgan fingerprint density at radius 1 is 1.17 bits per heavy atom. The molecule has 0 atom stereocenters. The van der Waals surface area contributed by atoms with E-state index >= 15 is 0 Å². The Labute approximate surface area is 132 Å². The fourth-order valence-corrected chi connectivity index (χ4v) is 2.29. The smallest absolute Gasteiger partial charge is 0.335 e. The first kappa shape index (κ1) is 14.5. The van der Waals surface area contributed by atoms with Gasteiger partial charge in [-0.3, -0.25) is 0 Å². The van der Waals surface area contributed by atoms with E-state index in [2.05, 4.69) is 16.4 Å². The zero-order valence-corrected chi connectivity index (χ0v) is 12.4. The number of rotatable bonds is 3. The van der Waals surface area contributed by atoms with Crippen molar-refractivity contribution in [3.63, 3.8) is 0 Å². The predicted octanol–water partition coefficient (Wildman–Crippen LogP) is 3.86. The number of aryl methyl sites for hydroxylation is 1. The quantitative estimate of drug-likeness (QED) is 0.767. The maximum Gasteiger partial charge on any atom is 0.335 e. The van der Waals surface area contributed by atoms with Crippen LogP contribution in [0.25, 0.3) is 10.9 Å². The summed E-state index contributed by atoms with van der Waals surface area (Å²) >= 11 is 0. The lowest BCUT2D eigenvalue weighted by Gasteiger charge is -2.09. The fraction of sp³-hybridized carbons (Fsp3) is 0.0556. The molecule has 5 heteroatoms. The van der Waals surface area contributed by atoms with Crippen LogP contribution in [0.1, 0.15) is 21.5 Å². The second-order valence-electron chi connectivity index (χ2n) is 5.20. The van der Waals surface area contributed by atoms with Gasteiger partial charge in [0.05, 0.1) is 16.6 Å². The van der Waals surface area contributed by atoms with Gasteiger partial charge in [0.25, 0.3) is 0 Å². The molecule has 0 amide bonds. The summed E-state index contributed by atoms with van der Waals surface area (Å²) in [5.74, 6) is -0.526. The maximum absolute atomic E-state index is 10.9. The van der Waals surface area contributed by atoms with Crippen LogP contribution in [-0.2, 0) is 0 Å². The number of hydrogen-bond donors (Lipinski definition) is 2. The van der Waals surface area contributed by atoms with E-state index in [0.29, 0.717) is 17.1 Å². The minimum Gasteiger partial charge on any atom is -0.478 e. The van der Waals surface area contributed by atoms with Crippen molar-refractivity contribution in [2.24, 2.45) is 0 Å². The number of carbonyl (C=O) groups is 1. The molecule has 3 aromatic rings. The van der Waals surface area contributed by atoms with Crippen LogP contribution in [0.2, 0.25) is 0 Å². The van der Waals surface area contributed by atoms with Gasteiger partial charge in [0.15, 0.2) is 0 Å². The van der Waals surface area contributed by atoms with Crippen LogP contribution in [0.4, 0.5) is 11.5 Å². The van der Waals surface area contributed by atoms with E-state index in [1.54, 1.807) is 18.2 Å². The molecule has 5 nitrogen and oxygen atoms in total. The molecule has 2 aromatic carbocycles. The number of carboxylic acids is 1. The number of nitriles is 1. The fourth-order valence-electron chi connectivity index (χ4n) is 2.29. The van der Waals surface area contributed by atoms with Crippen molar-refractivity contribution in [2.45, 2.75) is 6.92 Å². The molecule has 1 heterocycles. The number of benzene rings is 2. The van der Waals surface area contributed by atoms with Crippen molar-refractivity contribution < 1.29 is 9.90 Å². The maximum atomic E-state index is 10.9. The predicted molar refractivity (Wildman–Crippen MR) is 87.9 cm³/mol. The van der Waals surface area contributed by atoms with Gasteiger partial charge in [-0.15, -0.1) is 0 Å². The van der Waals surface area contributed by atoms with Crippen LogP contribution in [-0.4, -0.2) is 16.1 Å². The number of nitrogens with one attached hydrogen (secondary N) is 1. The normalized spacial score (nSPS) is 10.3. The average Bonchev–Trinajstić information content (AvgIpc) is 2.54. The molecule has 0 radical (unpaired) electrons. The molecule has 0 aliphatic carbocycles. The molecule has 0 spiro atoms. The van der Waals surface area contributed by atoms with Gasteiger partial charge in [0.2, 0.25) is 0 Å². The highest BCUT2D eigenvalue weighted by Crippen LogP contribution is 2.24. The van der Waals surface area contributed by atoms with E-state index < -0.39 is 5.97 Å². The third-order valence-electron chi connectivity index (χ3n) is 3.49. The Kier molecular flexibility index (Phi) is 3.65. The molecule has 3 rings (SSSR count). The molecule has 0 saturated carbocycles. The van der Waals surface area contributed by atoms with Crippen molar-refractivity contribution in [3.8, 4) is 6.07 Å². The Balaban J connectivity index is 2.01. The first-order chi connectivity index (χ1) is 11.1. The molecule has 0 aliphatic heterocycles. The molecule has 112 valence electrons. The van der Waals surface area contributed by atoms with E-state index in [9.17, 15) is 10.1 Å². The lowest BCUT2D eigenvalue weighted by atomic mass is 10.1.